The van der Waals surface area contributed by atoms with Crippen LogP contribution in [0.5, 0.6) is 5.75 Å². The van der Waals surface area contributed by atoms with Crippen LogP contribution in [0, 0.1) is 0 Å². The molecular formula is C26H34O3. The van der Waals surface area contributed by atoms with Crippen LogP contribution in [0.2, 0.25) is 0 Å². The Morgan fingerprint density at radius 3 is 2.45 bits per heavy atom. The van der Waals surface area contributed by atoms with E-state index in [0.717, 1.165) is 28.9 Å². The van der Waals surface area contributed by atoms with Crippen LogP contribution >= 0.6 is 0 Å². The monoisotopic (exact) mass is 394 g/mol. The highest BCUT2D eigenvalue weighted by Gasteiger charge is 2.24. The summed E-state index contributed by atoms with van der Waals surface area (Å²) in [5, 5.41) is 0. The standard InChI is InChI=1S/C26H34O3/c1-6-7-8-9-17-26(2,3)23-19-22(14-15-24(23)28-4)21-12-10-11-20(18-21)13-16-25(27)29-5/h10-16,18-19H,6-9,17H2,1-5H3/b16-13+. The Bertz CT molecular complexity index is 834. The Hall–Kier alpha value is -2.55. The van der Waals surface area contributed by atoms with E-state index in [1.807, 2.05) is 12.1 Å². The molecule has 2 rings (SSSR count). The summed E-state index contributed by atoms with van der Waals surface area (Å²) in [5.74, 6) is 0.586. The van der Waals surface area contributed by atoms with Crippen LogP contribution in [0.25, 0.3) is 17.2 Å². The number of esters is 1. The SMILES string of the molecule is CCCCCCC(C)(C)c1cc(-c2cccc(/C=C/C(=O)OC)c2)ccc1OC. The van der Waals surface area contributed by atoms with Gasteiger partial charge in [-0.05, 0) is 52.8 Å². The lowest BCUT2D eigenvalue weighted by Gasteiger charge is -2.28. The van der Waals surface area contributed by atoms with Crippen molar-refractivity contribution in [2.75, 3.05) is 14.2 Å². The zero-order valence-electron chi connectivity index (χ0n) is 18.5. The summed E-state index contributed by atoms with van der Waals surface area (Å²) in [6, 6.07) is 14.6. The first-order valence-electron chi connectivity index (χ1n) is 10.5. The van der Waals surface area contributed by atoms with Crippen molar-refractivity contribution in [1.29, 1.82) is 0 Å². The summed E-state index contributed by atoms with van der Waals surface area (Å²) in [6.07, 6.45) is 9.39. The van der Waals surface area contributed by atoms with Crippen LogP contribution in [-0.2, 0) is 14.9 Å². The zero-order chi connectivity index (χ0) is 21.3. The summed E-state index contributed by atoms with van der Waals surface area (Å²) < 4.78 is 10.4. The van der Waals surface area contributed by atoms with Crippen molar-refractivity contribution in [2.24, 2.45) is 0 Å². The van der Waals surface area contributed by atoms with E-state index in [1.165, 1.54) is 44.4 Å². The number of rotatable bonds is 10. The van der Waals surface area contributed by atoms with Gasteiger partial charge in [0.15, 0.2) is 0 Å². The van der Waals surface area contributed by atoms with Crippen molar-refractivity contribution in [1.82, 2.24) is 0 Å². The van der Waals surface area contributed by atoms with Crippen molar-refractivity contribution < 1.29 is 14.3 Å². The highest BCUT2D eigenvalue weighted by molar-refractivity contribution is 5.87. The van der Waals surface area contributed by atoms with Crippen LogP contribution in [-0.4, -0.2) is 20.2 Å². The zero-order valence-corrected chi connectivity index (χ0v) is 18.5. The Balaban J connectivity index is 2.32. The van der Waals surface area contributed by atoms with Crippen molar-refractivity contribution in [3.63, 3.8) is 0 Å². The van der Waals surface area contributed by atoms with Crippen LogP contribution in [0.3, 0.4) is 0 Å². The third kappa shape index (κ3) is 6.49. The van der Waals surface area contributed by atoms with E-state index in [0.29, 0.717) is 0 Å². The number of methoxy groups -OCH3 is 2. The molecule has 0 spiro atoms. The van der Waals surface area contributed by atoms with Crippen LogP contribution < -0.4 is 4.74 Å². The molecule has 0 aliphatic rings. The van der Waals surface area contributed by atoms with Gasteiger partial charge in [-0.15, -0.1) is 0 Å². The third-order valence-electron chi connectivity index (χ3n) is 5.42. The second-order valence-electron chi connectivity index (χ2n) is 8.09. The number of hydrogen-bond acceptors (Lipinski definition) is 3. The van der Waals surface area contributed by atoms with Gasteiger partial charge in [0.2, 0.25) is 0 Å². The summed E-state index contributed by atoms with van der Waals surface area (Å²) in [4.78, 5) is 11.4. The average molecular weight is 395 g/mol. The lowest BCUT2D eigenvalue weighted by molar-refractivity contribution is -0.134. The number of ether oxygens (including phenoxy) is 2. The second-order valence-corrected chi connectivity index (χ2v) is 8.09. The first-order valence-corrected chi connectivity index (χ1v) is 10.5. The van der Waals surface area contributed by atoms with E-state index >= 15 is 0 Å². The molecule has 3 nitrogen and oxygen atoms in total. The molecular weight excluding hydrogens is 360 g/mol. The number of benzene rings is 2. The number of unbranched alkanes of at least 4 members (excludes halogenated alkanes) is 3. The lowest BCUT2D eigenvalue weighted by Crippen LogP contribution is -2.18. The average Bonchev–Trinajstić information content (AvgIpc) is 2.74. The van der Waals surface area contributed by atoms with Gasteiger partial charge in [0.05, 0.1) is 14.2 Å². The summed E-state index contributed by atoms with van der Waals surface area (Å²) in [5.41, 5.74) is 4.50. The second kappa shape index (κ2) is 10.8. The molecule has 0 fully saturated rings. The molecule has 156 valence electrons. The minimum absolute atomic E-state index is 0.0392. The van der Waals surface area contributed by atoms with Crippen LogP contribution in [0.1, 0.15) is 64.0 Å². The molecule has 0 bridgehead atoms. The van der Waals surface area contributed by atoms with E-state index in [1.54, 1.807) is 13.2 Å². The Labute approximate surface area is 175 Å². The van der Waals surface area contributed by atoms with Gasteiger partial charge in [0, 0.05) is 11.6 Å². The van der Waals surface area contributed by atoms with Crippen molar-refractivity contribution >= 4 is 12.0 Å². The molecule has 2 aromatic rings. The predicted molar refractivity (Wildman–Crippen MR) is 121 cm³/mol. The molecule has 0 heterocycles. The molecule has 0 radical (unpaired) electrons. The maximum absolute atomic E-state index is 11.4. The Kier molecular flexibility index (Phi) is 8.50. The molecule has 0 amide bonds. The van der Waals surface area contributed by atoms with Crippen LogP contribution in [0.4, 0.5) is 0 Å². The van der Waals surface area contributed by atoms with Gasteiger partial charge < -0.3 is 9.47 Å². The van der Waals surface area contributed by atoms with Gasteiger partial charge in [-0.1, -0.05) is 70.7 Å². The van der Waals surface area contributed by atoms with Crippen LogP contribution in [0.15, 0.2) is 48.5 Å². The molecule has 0 N–H and O–H groups in total. The Morgan fingerprint density at radius 1 is 1.00 bits per heavy atom. The summed E-state index contributed by atoms with van der Waals surface area (Å²) in [6.45, 7) is 6.85. The van der Waals surface area contributed by atoms with E-state index in [2.05, 4.69) is 55.8 Å². The minimum Gasteiger partial charge on any atom is -0.496 e. The summed E-state index contributed by atoms with van der Waals surface area (Å²) in [7, 11) is 3.12. The fourth-order valence-electron chi connectivity index (χ4n) is 3.60. The molecule has 2 aromatic carbocycles. The maximum Gasteiger partial charge on any atom is 0.330 e. The van der Waals surface area contributed by atoms with Gasteiger partial charge in [-0.2, -0.15) is 0 Å². The Morgan fingerprint density at radius 2 is 1.76 bits per heavy atom. The van der Waals surface area contributed by atoms with Gasteiger partial charge in [0.1, 0.15) is 5.75 Å². The van der Waals surface area contributed by atoms with Gasteiger partial charge in [-0.25, -0.2) is 4.79 Å². The maximum atomic E-state index is 11.4. The molecule has 0 saturated heterocycles. The molecule has 29 heavy (non-hydrogen) atoms. The summed E-state index contributed by atoms with van der Waals surface area (Å²) >= 11 is 0. The fraction of sp³-hybridized carbons (Fsp3) is 0.423. The van der Waals surface area contributed by atoms with E-state index in [9.17, 15) is 4.79 Å². The molecule has 0 aliphatic carbocycles. The third-order valence-corrected chi connectivity index (χ3v) is 5.42. The van der Waals surface area contributed by atoms with Crippen molar-refractivity contribution in [2.45, 2.75) is 58.3 Å². The van der Waals surface area contributed by atoms with Crippen molar-refractivity contribution in [3.8, 4) is 16.9 Å². The van der Waals surface area contributed by atoms with E-state index in [4.69, 9.17) is 4.74 Å². The van der Waals surface area contributed by atoms with Crippen molar-refractivity contribution in [3.05, 3.63) is 59.7 Å². The quantitative estimate of drug-likeness (QED) is 0.253. The van der Waals surface area contributed by atoms with Gasteiger partial charge >= 0.3 is 5.97 Å². The topological polar surface area (TPSA) is 35.5 Å². The lowest BCUT2D eigenvalue weighted by atomic mass is 9.78. The highest BCUT2D eigenvalue weighted by Crippen LogP contribution is 2.38. The molecule has 0 aliphatic heterocycles. The molecule has 0 unspecified atom stereocenters. The molecule has 0 aromatic heterocycles. The number of hydrogen-bond donors (Lipinski definition) is 0. The number of carbonyl (C=O) groups is 1. The smallest absolute Gasteiger partial charge is 0.330 e. The fourth-order valence-corrected chi connectivity index (χ4v) is 3.60. The van der Waals surface area contributed by atoms with Gasteiger partial charge in [0.25, 0.3) is 0 Å². The highest BCUT2D eigenvalue weighted by atomic mass is 16.5. The normalized spacial score (nSPS) is 11.6. The first kappa shape index (κ1) is 22.7. The minimum atomic E-state index is -0.355. The predicted octanol–water partition coefficient (Wildman–Crippen LogP) is 6.80. The molecule has 0 atom stereocenters. The van der Waals surface area contributed by atoms with Gasteiger partial charge in [-0.3, -0.25) is 0 Å². The first-order chi connectivity index (χ1) is 13.9. The molecule has 3 heteroatoms. The largest absolute Gasteiger partial charge is 0.496 e. The molecule has 0 saturated carbocycles. The van der Waals surface area contributed by atoms with E-state index < -0.39 is 0 Å². The van der Waals surface area contributed by atoms with E-state index in [-0.39, 0.29) is 11.4 Å². The number of carbonyl (C=O) groups excluding carboxylic acids is 1.